The smallest absolute Gasteiger partial charge is 0.130 e. The molecule has 1 aliphatic heterocycles. The van der Waals surface area contributed by atoms with Crippen molar-refractivity contribution in [2.24, 2.45) is 0 Å². The van der Waals surface area contributed by atoms with E-state index in [1.807, 2.05) is 36.4 Å². The molecular formula is C14H13N3O. The minimum atomic E-state index is 0.256. The lowest BCUT2D eigenvalue weighted by molar-refractivity contribution is 0.415. The highest BCUT2D eigenvalue weighted by atomic mass is 16.5. The van der Waals surface area contributed by atoms with Crippen molar-refractivity contribution in [3.8, 4) is 17.9 Å². The zero-order valence-electron chi connectivity index (χ0n) is 10.2. The summed E-state index contributed by atoms with van der Waals surface area (Å²) in [6, 6.07) is 11.7. The van der Waals surface area contributed by atoms with Gasteiger partial charge in [-0.2, -0.15) is 10.5 Å². The van der Waals surface area contributed by atoms with Crippen LogP contribution in [0.25, 0.3) is 0 Å². The fourth-order valence-corrected chi connectivity index (χ4v) is 2.06. The van der Waals surface area contributed by atoms with Gasteiger partial charge in [-0.15, -0.1) is 0 Å². The van der Waals surface area contributed by atoms with Gasteiger partial charge in [-0.3, -0.25) is 0 Å². The Hall–Kier alpha value is -2.46. The van der Waals surface area contributed by atoms with Crippen molar-refractivity contribution in [3.05, 3.63) is 35.4 Å². The van der Waals surface area contributed by atoms with E-state index in [0.717, 1.165) is 30.0 Å². The highest BCUT2D eigenvalue weighted by Gasteiger charge is 2.20. The van der Waals surface area contributed by atoms with E-state index in [1.165, 1.54) is 0 Å². The number of anilines is 1. The first-order valence-electron chi connectivity index (χ1n) is 5.69. The summed E-state index contributed by atoms with van der Waals surface area (Å²) in [5, 5.41) is 17.7. The molecule has 0 spiro atoms. The Balaban J connectivity index is 2.16. The maximum Gasteiger partial charge on any atom is 0.130 e. The van der Waals surface area contributed by atoms with Crippen LogP contribution in [0.1, 0.15) is 6.42 Å². The van der Waals surface area contributed by atoms with Gasteiger partial charge in [-0.25, -0.2) is 0 Å². The SMILES string of the molecule is COc1ccc(N2CCC(=C(C#N)C#N)C2)cc1. The summed E-state index contributed by atoms with van der Waals surface area (Å²) in [6.07, 6.45) is 0.780. The van der Waals surface area contributed by atoms with Crippen molar-refractivity contribution in [2.75, 3.05) is 25.1 Å². The van der Waals surface area contributed by atoms with Crippen LogP contribution in [-0.4, -0.2) is 20.2 Å². The molecule has 1 aromatic rings. The van der Waals surface area contributed by atoms with Gasteiger partial charge in [0.25, 0.3) is 0 Å². The molecule has 4 nitrogen and oxygen atoms in total. The molecule has 1 saturated heterocycles. The quantitative estimate of drug-likeness (QED) is 0.743. The van der Waals surface area contributed by atoms with Crippen LogP contribution in [0.2, 0.25) is 0 Å². The van der Waals surface area contributed by atoms with Crippen molar-refractivity contribution in [2.45, 2.75) is 6.42 Å². The number of allylic oxidation sites excluding steroid dienone is 1. The van der Waals surface area contributed by atoms with Gasteiger partial charge in [-0.1, -0.05) is 0 Å². The van der Waals surface area contributed by atoms with E-state index in [0.29, 0.717) is 6.54 Å². The Bertz CT molecular complexity index is 530. The zero-order chi connectivity index (χ0) is 13.0. The molecule has 0 amide bonds. The molecule has 0 aromatic heterocycles. The van der Waals surface area contributed by atoms with Crippen LogP contribution < -0.4 is 9.64 Å². The minimum absolute atomic E-state index is 0.256. The Labute approximate surface area is 106 Å². The Morgan fingerprint density at radius 3 is 2.44 bits per heavy atom. The van der Waals surface area contributed by atoms with Crippen LogP contribution in [0, 0.1) is 22.7 Å². The average molecular weight is 239 g/mol. The molecule has 4 heteroatoms. The molecule has 0 unspecified atom stereocenters. The number of methoxy groups -OCH3 is 1. The van der Waals surface area contributed by atoms with Crippen LogP contribution in [0.5, 0.6) is 5.75 Å². The summed E-state index contributed by atoms with van der Waals surface area (Å²) in [5.74, 6) is 0.823. The fraction of sp³-hybridized carbons (Fsp3) is 0.286. The van der Waals surface area contributed by atoms with E-state index in [1.54, 1.807) is 7.11 Å². The second kappa shape index (κ2) is 5.25. The second-order valence-electron chi connectivity index (χ2n) is 4.07. The van der Waals surface area contributed by atoms with Crippen LogP contribution in [-0.2, 0) is 0 Å². The van der Waals surface area contributed by atoms with E-state index < -0.39 is 0 Å². The standard InChI is InChI=1S/C14H13N3O/c1-18-14-4-2-13(3-5-14)17-7-6-11(10-17)12(8-15)9-16/h2-5H,6-7,10H2,1H3. The largest absolute Gasteiger partial charge is 0.497 e. The third kappa shape index (κ3) is 2.28. The topological polar surface area (TPSA) is 60.0 Å². The van der Waals surface area contributed by atoms with Crippen molar-refractivity contribution < 1.29 is 4.74 Å². The van der Waals surface area contributed by atoms with Gasteiger partial charge in [0.05, 0.1) is 7.11 Å². The summed E-state index contributed by atoms with van der Waals surface area (Å²) >= 11 is 0. The second-order valence-corrected chi connectivity index (χ2v) is 4.07. The van der Waals surface area contributed by atoms with Gasteiger partial charge >= 0.3 is 0 Å². The minimum Gasteiger partial charge on any atom is -0.497 e. The van der Waals surface area contributed by atoms with Gasteiger partial charge in [0.15, 0.2) is 0 Å². The summed E-state index contributed by atoms with van der Waals surface area (Å²) in [6.45, 7) is 1.50. The van der Waals surface area contributed by atoms with E-state index in [4.69, 9.17) is 15.3 Å². The van der Waals surface area contributed by atoms with Crippen LogP contribution in [0.15, 0.2) is 35.4 Å². The first-order valence-corrected chi connectivity index (χ1v) is 5.69. The predicted molar refractivity (Wildman–Crippen MR) is 68.1 cm³/mol. The predicted octanol–water partition coefficient (Wildman–Crippen LogP) is 2.25. The molecular weight excluding hydrogens is 226 g/mol. The van der Waals surface area contributed by atoms with Crippen molar-refractivity contribution in [1.82, 2.24) is 0 Å². The molecule has 0 bridgehead atoms. The van der Waals surface area contributed by atoms with E-state index >= 15 is 0 Å². The number of benzene rings is 1. The molecule has 1 aliphatic rings. The third-order valence-corrected chi connectivity index (χ3v) is 3.08. The number of nitriles is 2. The molecule has 1 heterocycles. The van der Waals surface area contributed by atoms with Gasteiger partial charge in [0.1, 0.15) is 23.5 Å². The van der Waals surface area contributed by atoms with E-state index in [-0.39, 0.29) is 5.57 Å². The van der Waals surface area contributed by atoms with Crippen molar-refractivity contribution >= 4 is 5.69 Å². The lowest BCUT2D eigenvalue weighted by Crippen LogP contribution is -2.17. The lowest BCUT2D eigenvalue weighted by atomic mass is 10.1. The van der Waals surface area contributed by atoms with E-state index in [9.17, 15) is 0 Å². The molecule has 18 heavy (non-hydrogen) atoms. The molecule has 0 N–H and O–H groups in total. The number of hydrogen-bond donors (Lipinski definition) is 0. The van der Waals surface area contributed by atoms with Gasteiger partial charge in [0, 0.05) is 18.8 Å². The molecule has 1 fully saturated rings. The lowest BCUT2D eigenvalue weighted by Gasteiger charge is -2.17. The van der Waals surface area contributed by atoms with Crippen molar-refractivity contribution in [3.63, 3.8) is 0 Å². The number of ether oxygens (including phenoxy) is 1. The fourth-order valence-electron chi connectivity index (χ4n) is 2.06. The molecule has 0 aliphatic carbocycles. The van der Waals surface area contributed by atoms with Gasteiger partial charge in [0.2, 0.25) is 0 Å². The van der Waals surface area contributed by atoms with Crippen LogP contribution >= 0.6 is 0 Å². The third-order valence-electron chi connectivity index (χ3n) is 3.08. The van der Waals surface area contributed by atoms with Gasteiger partial charge < -0.3 is 9.64 Å². The first-order chi connectivity index (χ1) is 8.78. The molecule has 0 atom stereocenters. The molecule has 1 aromatic carbocycles. The van der Waals surface area contributed by atoms with Crippen molar-refractivity contribution in [1.29, 1.82) is 10.5 Å². The highest BCUT2D eigenvalue weighted by Crippen LogP contribution is 2.26. The zero-order valence-corrected chi connectivity index (χ0v) is 10.2. The Morgan fingerprint density at radius 2 is 1.89 bits per heavy atom. The van der Waals surface area contributed by atoms with Gasteiger partial charge in [-0.05, 0) is 36.3 Å². The molecule has 0 saturated carbocycles. The summed E-state index contributed by atoms with van der Waals surface area (Å²) in [5.41, 5.74) is 2.27. The normalized spacial score (nSPS) is 13.9. The van der Waals surface area contributed by atoms with Crippen LogP contribution in [0.4, 0.5) is 5.69 Å². The number of hydrogen-bond acceptors (Lipinski definition) is 4. The monoisotopic (exact) mass is 239 g/mol. The molecule has 2 rings (SSSR count). The molecule has 90 valence electrons. The maximum absolute atomic E-state index is 8.85. The number of rotatable bonds is 2. The van der Waals surface area contributed by atoms with Crippen LogP contribution in [0.3, 0.4) is 0 Å². The maximum atomic E-state index is 8.85. The average Bonchev–Trinajstić information content (AvgIpc) is 2.90. The summed E-state index contributed by atoms with van der Waals surface area (Å²) < 4.78 is 5.11. The highest BCUT2D eigenvalue weighted by molar-refractivity contribution is 5.54. The summed E-state index contributed by atoms with van der Waals surface area (Å²) in [4.78, 5) is 2.16. The number of nitrogens with zero attached hydrogens (tertiary/aromatic N) is 3. The Morgan fingerprint density at radius 1 is 1.22 bits per heavy atom. The molecule has 0 radical (unpaired) electrons. The summed E-state index contributed by atoms with van der Waals surface area (Å²) in [7, 11) is 1.64. The Kier molecular flexibility index (Phi) is 3.50. The van der Waals surface area contributed by atoms with E-state index in [2.05, 4.69) is 4.90 Å². The first kappa shape index (κ1) is 12.0.